The number of methoxy groups -OCH3 is 1. The Kier molecular flexibility index (Phi) is 5.44. The first kappa shape index (κ1) is 16.5. The zero-order valence-corrected chi connectivity index (χ0v) is 14.5. The SMILES string of the molecule is COC1(Cc2ccsc2C(=O)N(C)C(C)C)CCCCC1. The smallest absolute Gasteiger partial charge is 0.264 e. The van der Waals surface area contributed by atoms with Crippen LogP contribution in [0.5, 0.6) is 0 Å². The van der Waals surface area contributed by atoms with Crippen LogP contribution in [-0.4, -0.2) is 36.6 Å². The summed E-state index contributed by atoms with van der Waals surface area (Å²) in [6.45, 7) is 4.09. The van der Waals surface area contributed by atoms with Crippen LogP contribution in [0, 0.1) is 0 Å². The zero-order chi connectivity index (χ0) is 15.5. The van der Waals surface area contributed by atoms with Gasteiger partial charge in [0.1, 0.15) is 0 Å². The van der Waals surface area contributed by atoms with Crippen molar-refractivity contribution in [1.82, 2.24) is 4.90 Å². The van der Waals surface area contributed by atoms with E-state index in [4.69, 9.17) is 4.74 Å². The maximum absolute atomic E-state index is 12.6. The average molecular weight is 309 g/mol. The van der Waals surface area contributed by atoms with Gasteiger partial charge in [0, 0.05) is 26.6 Å². The van der Waals surface area contributed by atoms with Crippen molar-refractivity contribution in [2.24, 2.45) is 0 Å². The van der Waals surface area contributed by atoms with Gasteiger partial charge < -0.3 is 9.64 Å². The van der Waals surface area contributed by atoms with Crippen LogP contribution >= 0.6 is 11.3 Å². The van der Waals surface area contributed by atoms with E-state index in [9.17, 15) is 4.79 Å². The van der Waals surface area contributed by atoms with Crippen LogP contribution in [0.3, 0.4) is 0 Å². The Morgan fingerprint density at radius 2 is 2.05 bits per heavy atom. The molecule has 1 aromatic heterocycles. The average Bonchev–Trinajstić information content (AvgIpc) is 2.94. The van der Waals surface area contributed by atoms with Crippen molar-refractivity contribution in [2.45, 2.75) is 64.0 Å². The van der Waals surface area contributed by atoms with Crippen molar-refractivity contribution in [3.63, 3.8) is 0 Å². The first-order chi connectivity index (χ1) is 9.99. The predicted octanol–water partition coefficient (Wildman–Crippen LogP) is 4.12. The lowest BCUT2D eigenvalue weighted by molar-refractivity contribution is -0.0386. The molecule has 1 aliphatic rings. The van der Waals surface area contributed by atoms with Gasteiger partial charge in [0.2, 0.25) is 0 Å². The zero-order valence-electron chi connectivity index (χ0n) is 13.6. The second-order valence-corrected chi connectivity index (χ2v) is 7.33. The fourth-order valence-electron chi connectivity index (χ4n) is 3.05. The highest BCUT2D eigenvalue weighted by Gasteiger charge is 2.34. The fraction of sp³-hybridized carbons (Fsp3) is 0.706. The van der Waals surface area contributed by atoms with E-state index >= 15 is 0 Å². The standard InChI is InChI=1S/C17H27NO2S/c1-13(2)18(3)16(19)15-14(8-11-21-15)12-17(20-4)9-6-5-7-10-17/h8,11,13H,5-7,9-10,12H2,1-4H3. The number of carbonyl (C=O) groups is 1. The summed E-state index contributed by atoms with van der Waals surface area (Å²) in [5.74, 6) is 0.136. The second-order valence-electron chi connectivity index (χ2n) is 6.41. The molecule has 0 aliphatic heterocycles. The summed E-state index contributed by atoms with van der Waals surface area (Å²) in [7, 11) is 3.70. The molecule has 1 saturated carbocycles. The van der Waals surface area contributed by atoms with Crippen molar-refractivity contribution in [2.75, 3.05) is 14.2 Å². The van der Waals surface area contributed by atoms with E-state index in [2.05, 4.69) is 6.07 Å². The molecule has 0 aromatic carbocycles. The summed E-state index contributed by atoms with van der Waals surface area (Å²) >= 11 is 1.55. The van der Waals surface area contributed by atoms with Gasteiger partial charge in [-0.1, -0.05) is 19.3 Å². The van der Waals surface area contributed by atoms with Crippen LogP contribution in [0.2, 0.25) is 0 Å². The molecule has 0 unspecified atom stereocenters. The number of amides is 1. The third-order valence-corrected chi connectivity index (χ3v) is 5.69. The minimum absolute atomic E-state index is 0.0647. The highest BCUT2D eigenvalue weighted by atomic mass is 32.1. The lowest BCUT2D eigenvalue weighted by Gasteiger charge is -2.36. The highest BCUT2D eigenvalue weighted by Crippen LogP contribution is 2.36. The summed E-state index contributed by atoms with van der Waals surface area (Å²) in [5.41, 5.74) is 1.09. The van der Waals surface area contributed by atoms with Crippen molar-refractivity contribution < 1.29 is 9.53 Å². The molecule has 1 aromatic rings. The van der Waals surface area contributed by atoms with E-state index in [1.165, 1.54) is 19.3 Å². The predicted molar refractivity (Wildman–Crippen MR) is 88.1 cm³/mol. The van der Waals surface area contributed by atoms with Crippen molar-refractivity contribution in [3.8, 4) is 0 Å². The fourth-order valence-corrected chi connectivity index (χ4v) is 3.96. The Morgan fingerprint density at radius 1 is 1.38 bits per heavy atom. The molecule has 118 valence electrons. The molecule has 0 atom stereocenters. The van der Waals surface area contributed by atoms with Crippen molar-refractivity contribution in [1.29, 1.82) is 0 Å². The number of hydrogen-bond acceptors (Lipinski definition) is 3. The summed E-state index contributed by atoms with van der Waals surface area (Å²) in [4.78, 5) is 15.3. The minimum Gasteiger partial charge on any atom is -0.378 e. The van der Waals surface area contributed by atoms with Crippen LogP contribution in [0.4, 0.5) is 0 Å². The number of ether oxygens (including phenoxy) is 1. The first-order valence-electron chi connectivity index (χ1n) is 7.88. The van der Waals surface area contributed by atoms with Gasteiger partial charge in [-0.25, -0.2) is 0 Å². The molecule has 0 saturated heterocycles. The topological polar surface area (TPSA) is 29.5 Å². The molecule has 3 nitrogen and oxygen atoms in total. The Bertz CT molecular complexity index is 475. The number of thiophene rings is 1. The van der Waals surface area contributed by atoms with Gasteiger partial charge in [0.25, 0.3) is 5.91 Å². The molecular formula is C17H27NO2S. The Morgan fingerprint density at radius 3 is 2.62 bits per heavy atom. The molecule has 0 radical (unpaired) electrons. The van der Waals surface area contributed by atoms with Crippen molar-refractivity contribution >= 4 is 17.2 Å². The third kappa shape index (κ3) is 3.67. The highest BCUT2D eigenvalue weighted by molar-refractivity contribution is 7.12. The minimum atomic E-state index is -0.0647. The second kappa shape index (κ2) is 6.93. The van der Waals surface area contributed by atoms with Crippen LogP contribution in [-0.2, 0) is 11.2 Å². The Hall–Kier alpha value is -0.870. The number of rotatable bonds is 5. The molecule has 0 spiro atoms. The maximum atomic E-state index is 12.6. The molecule has 0 N–H and O–H groups in total. The van der Waals surface area contributed by atoms with Crippen LogP contribution in [0.1, 0.15) is 61.2 Å². The molecule has 2 rings (SSSR count). The number of hydrogen-bond donors (Lipinski definition) is 0. The van der Waals surface area contributed by atoms with E-state index in [1.807, 2.05) is 38.3 Å². The summed E-state index contributed by atoms with van der Waals surface area (Å²) < 4.78 is 5.87. The van der Waals surface area contributed by atoms with Crippen LogP contribution in [0.25, 0.3) is 0 Å². The van der Waals surface area contributed by atoms with Gasteiger partial charge in [-0.2, -0.15) is 0 Å². The lowest BCUT2D eigenvalue weighted by atomic mass is 9.80. The van der Waals surface area contributed by atoms with Gasteiger partial charge >= 0.3 is 0 Å². The molecule has 1 heterocycles. The lowest BCUT2D eigenvalue weighted by Crippen LogP contribution is -2.37. The summed E-state index contributed by atoms with van der Waals surface area (Å²) in [6.07, 6.45) is 6.83. The monoisotopic (exact) mass is 309 g/mol. The van der Waals surface area contributed by atoms with E-state index < -0.39 is 0 Å². The first-order valence-corrected chi connectivity index (χ1v) is 8.76. The van der Waals surface area contributed by atoms with Gasteiger partial charge in [0.05, 0.1) is 10.5 Å². The molecular weight excluding hydrogens is 282 g/mol. The van der Waals surface area contributed by atoms with E-state index in [-0.39, 0.29) is 17.6 Å². The maximum Gasteiger partial charge on any atom is 0.264 e. The molecule has 4 heteroatoms. The van der Waals surface area contributed by atoms with Crippen LogP contribution in [0.15, 0.2) is 11.4 Å². The number of nitrogens with zero attached hydrogens (tertiary/aromatic N) is 1. The van der Waals surface area contributed by atoms with Gasteiger partial charge in [-0.15, -0.1) is 11.3 Å². The quantitative estimate of drug-likeness (QED) is 0.819. The normalized spacial score (nSPS) is 18.0. The Labute approximate surface area is 132 Å². The van der Waals surface area contributed by atoms with E-state index in [0.717, 1.165) is 29.7 Å². The van der Waals surface area contributed by atoms with Gasteiger partial charge in [-0.05, 0) is 43.7 Å². The van der Waals surface area contributed by atoms with Gasteiger partial charge in [-0.3, -0.25) is 4.79 Å². The molecule has 0 bridgehead atoms. The van der Waals surface area contributed by atoms with Crippen LogP contribution < -0.4 is 0 Å². The number of carbonyl (C=O) groups excluding carboxylic acids is 1. The Balaban J connectivity index is 2.18. The summed E-state index contributed by atoms with van der Waals surface area (Å²) in [5, 5.41) is 2.03. The molecule has 1 amide bonds. The molecule has 1 fully saturated rings. The molecule has 21 heavy (non-hydrogen) atoms. The third-order valence-electron chi connectivity index (χ3n) is 4.75. The van der Waals surface area contributed by atoms with E-state index in [1.54, 1.807) is 11.3 Å². The largest absolute Gasteiger partial charge is 0.378 e. The summed E-state index contributed by atoms with van der Waals surface area (Å²) in [6, 6.07) is 2.32. The van der Waals surface area contributed by atoms with E-state index in [0.29, 0.717) is 0 Å². The molecule has 1 aliphatic carbocycles. The van der Waals surface area contributed by atoms with Crippen molar-refractivity contribution in [3.05, 3.63) is 21.9 Å². The van der Waals surface area contributed by atoms with Gasteiger partial charge in [0.15, 0.2) is 0 Å².